The maximum Gasteiger partial charge on any atom is 0.124 e. The Balaban J connectivity index is 2.28. The average molecular weight is 227 g/mol. The van der Waals surface area contributed by atoms with E-state index in [0.29, 0.717) is 11.1 Å². The molecule has 0 unspecified atom stereocenters. The first-order chi connectivity index (χ1) is 8.25. The van der Waals surface area contributed by atoms with E-state index in [2.05, 4.69) is 9.97 Å². The van der Waals surface area contributed by atoms with Crippen LogP contribution in [0, 0.1) is 5.82 Å². The Bertz CT molecular complexity index is 674. The van der Waals surface area contributed by atoms with E-state index in [0.717, 1.165) is 16.8 Å². The van der Waals surface area contributed by atoms with Crippen LogP contribution in [-0.2, 0) is 0 Å². The highest BCUT2D eigenvalue weighted by atomic mass is 19.1. The second kappa shape index (κ2) is 3.59. The molecule has 3 rings (SSSR count). The molecule has 0 radical (unpaired) electrons. The van der Waals surface area contributed by atoms with Crippen LogP contribution in [0.25, 0.3) is 22.2 Å². The topological polar surface area (TPSA) is 54.7 Å². The van der Waals surface area contributed by atoms with Crippen molar-refractivity contribution >= 4 is 16.6 Å². The zero-order chi connectivity index (χ0) is 11.8. The minimum Gasteiger partial charge on any atom is -0.396 e. The number of rotatable bonds is 1. The molecule has 2 heterocycles. The number of aromatic amines is 1. The van der Waals surface area contributed by atoms with Gasteiger partial charge in [0.1, 0.15) is 5.82 Å². The molecule has 0 bridgehead atoms. The molecule has 0 saturated heterocycles. The number of fused-ring (bicyclic) bond motifs is 1. The Labute approximate surface area is 97.1 Å². The van der Waals surface area contributed by atoms with Crippen molar-refractivity contribution in [2.45, 2.75) is 0 Å². The summed E-state index contributed by atoms with van der Waals surface area (Å²) in [6, 6.07) is 8.26. The maximum atomic E-state index is 13.1. The molecule has 0 aliphatic heterocycles. The molecule has 0 spiro atoms. The fourth-order valence-electron chi connectivity index (χ4n) is 1.92. The summed E-state index contributed by atoms with van der Waals surface area (Å²) in [5.74, 6) is -0.291. The molecule has 0 fully saturated rings. The molecule has 4 heteroatoms. The third-order valence-electron chi connectivity index (χ3n) is 2.75. The number of hydrogen-bond acceptors (Lipinski definition) is 2. The van der Waals surface area contributed by atoms with Crippen molar-refractivity contribution in [3.05, 3.63) is 48.5 Å². The molecular formula is C13H10FN3. The van der Waals surface area contributed by atoms with E-state index in [1.54, 1.807) is 18.5 Å². The lowest BCUT2D eigenvalue weighted by atomic mass is 10.1. The first kappa shape index (κ1) is 9.84. The number of nitrogen functional groups attached to an aromatic ring is 1. The molecule has 3 nitrogen and oxygen atoms in total. The number of hydrogen-bond donors (Lipinski definition) is 2. The van der Waals surface area contributed by atoms with Crippen molar-refractivity contribution in [3.8, 4) is 11.3 Å². The van der Waals surface area contributed by atoms with Crippen LogP contribution in [-0.4, -0.2) is 9.97 Å². The number of benzene rings is 1. The molecule has 0 aliphatic rings. The summed E-state index contributed by atoms with van der Waals surface area (Å²) < 4.78 is 13.1. The van der Waals surface area contributed by atoms with Crippen LogP contribution in [0.4, 0.5) is 10.1 Å². The zero-order valence-electron chi connectivity index (χ0n) is 8.94. The van der Waals surface area contributed by atoms with Crippen molar-refractivity contribution < 1.29 is 4.39 Å². The molecule has 2 aromatic heterocycles. The predicted molar refractivity (Wildman–Crippen MR) is 65.9 cm³/mol. The molecular weight excluding hydrogens is 217 g/mol. The van der Waals surface area contributed by atoms with E-state index in [-0.39, 0.29) is 5.82 Å². The van der Waals surface area contributed by atoms with Gasteiger partial charge in [0.05, 0.1) is 11.4 Å². The maximum absolute atomic E-state index is 13.1. The van der Waals surface area contributed by atoms with E-state index in [1.807, 2.05) is 12.1 Å². The highest BCUT2D eigenvalue weighted by Gasteiger charge is 2.10. The van der Waals surface area contributed by atoms with E-state index >= 15 is 0 Å². The summed E-state index contributed by atoms with van der Waals surface area (Å²) in [6.07, 6.45) is 3.42. The van der Waals surface area contributed by atoms with Gasteiger partial charge in [0.15, 0.2) is 0 Å². The Morgan fingerprint density at radius 3 is 2.88 bits per heavy atom. The predicted octanol–water partition coefficient (Wildman–Crippen LogP) is 2.95. The minimum atomic E-state index is -0.291. The average Bonchev–Trinajstić information content (AvgIpc) is 2.68. The van der Waals surface area contributed by atoms with Crippen molar-refractivity contribution in [2.75, 3.05) is 5.73 Å². The van der Waals surface area contributed by atoms with Gasteiger partial charge in [-0.1, -0.05) is 0 Å². The Kier molecular flexibility index (Phi) is 2.08. The summed E-state index contributed by atoms with van der Waals surface area (Å²) in [6.45, 7) is 0. The van der Waals surface area contributed by atoms with Gasteiger partial charge in [-0.2, -0.15) is 0 Å². The van der Waals surface area contributed by atoms with E-state index in [9.17, 15) is 4.39 Å². The Hall–Kier alpha value is -2.36. The number of nitrogens with two attached hydrogens (primary N) is 1. The first-order valence-corrected chi connectivity index (χ1v) is 5.23. The van der Waals surface area contributed by atoms with Gasteiger partial charge in [0.2, 0.25) is 0 Å². The number of H-pyrrole nitrogens is 1. The Morgan fingerprint density at radius 1 is 1.24 bits per heavy atom. The zero-order valence-corrected chi connectivity index (χ0v) is 8.94. The van der Waals surface area contributed by atoms with Gasteiger partial charge in [-0.25, -0.2) is 4.39 Å². The third-order valence-corrected chi connectivity index (χ3v) is 2.75. The molecule has 17 heavy (non-hydrogen) atoms. The molecule has 3 N–H and O–H groups in total. The van der Waals surface area contributed by atoms with Gasteiger partial charge in [-0.3, -0.25) is 4.98 Å². The van der Waals surface area contributed by atoms with Crippen LogP contribution in [0.5, 0.6) is 0 Å². The summed E-state index contributed by atoms with van der Waals surface area (Å²) >= 11 is 0. The molecule has 0 atom stereocenters. The van der Waals surface area contributed by atoms with Crippen molar-refractivity contribution in [2.24, 2.45) is 0 Å². The first-order valence-electron chi connectivity index (χ1n) is 5.23. The van der Waals surface area contributed by atoms with Crippen molar-refractivity contribution in [1.29, 1.82) is 0 Å². The highest BCUT2D eigenvalue weighted by molar-refractivity contribution is 5.99. The fraction of sp³-hybridized carbons (Fsp3) is 0. The molecule has 0 saturated carbocycles. The van der Waals surface area contributed by atoms with Gasteiger partial charge in [0.25, 0.3) is 0 Å². The second-order valence-electron chi connectivity index (χ2n) is 3.85. The summed E-state index contributed by atoms with van der Waals surface area (Å²) in [4.78, 5) is 7.22. The van der Waals surface area contributed by atoms with E-state index < -0.39 is 0 Å². The number of nitrogens with zero attached hydrogens (tertiary/aromatic N) is 1. The van der Waals surface area contributed by atoms with Crippen molar-refractivity contribution in [3.63, 3.8) is 0 Å². The van der Waals surface area contributed by atoms with Crippen LogP contribution >= 0.6 is 0 Å². The fourth-order valence-corrected chi connectivity index (χ4v) is 1.92. The largest absolute Gasteiger partial charge is 0.396 e. The smallest absolute Gasteiger partial charge is 0.124 e. The second-order valence-corrected chi connectivity index (χ2v) is 3.85. The summed E-state index contributed by atoms with van der Waals surface area (Å²) in [5, 5.41) is 0.698. The molecule has 3 aromatic rings. The quantitative estimate of drug-likeness (QED) is 0.671. The molecule has 0 amide bonds. The van der Waals surface area contributed by atoms with Crippen LogP contribution in [0.1, 0.15) is 0 Å². The van der Waals surface area contributed by atoms with E-state index in [1.165, 1.54) is 12.1 Å². The van der Waals surface area contributed by atoms with Gasteiger partial charge in [0, 0.05) is 28.9 Å². The van der Waals surface area contributed by atoms with Crippen LogP contribution in [0.15, 0.2) is 42.7 Å². The third kappa shape index (κ3) is 1.54. The van der Waals surface area contributed by atoms with Crippen LogP contribution < -0.4 is 5.73 Å². The van der Waals surface area contributed by atoms with Crippen LogP contribution in [0.2, 0.25) is 0 Å². The lowest BCUT2D eigenvalue weighted by molar-refractivity contribution is 0.630. The molecule has 0 aliphatic carbocycles. The number of aromatic nitrogens is 2. The summed E-state index contributed by atoms with van der Waals surface area (Å²) in [7, 11) is 0. The highest BCUT2D eigenvalue weighted by Crippen LogP contribution is 2.32. The number of anilines is 1. The van der Waals surface area contributed by atoms with Crippen LogP contribution in [0.3, 0.4) is 0 Å². The van der Waals surface area contributed by atoms with E-state index in [4.69, 9.17) is 5.73 Å². The standard InChI is InChI=1S/C13H10FN3/c14-9-3-4-11-10(6-9)12(15)13(17-11)8-2-1-5-16-7-8/h1-7,17H,15H2. The minimum absolute atomic E-state index is 0.291. The van der Waals surface area contributed by atoms with Gasteiger partial charge >= 0.3 is 0 Å². The lowest BCUT2D eigenvalue weighted by Crippen LogP contribution is -1.87. The number of pyridine rings is 1. The number of nitrogens with one attached hydrogen (secondary N) is 1. The van der Waals surface area contributed by atoms with Gasteiger partial charge in [-0.05, 0) is 30.3 Å². The summed E-state index contributed by atoms with van der Waals surface area (Å²) in [5.41, 5.74) is 9.05. The monoisotopic (exact) mass is 227 g/mol. The van der Waals surface area contributed by atoms with Crippen molar-refractivity contribution in [1.82, 2.24) is 9.97 Å². The van der Waals surface area contributed by atoms with Gasteiger partial charge < -0.3 is 10.7 Å². The molecule has 1 aromatic carbocycles. The van der Waals surface area contributed by atoms with Gasteiger partial charge in [-0.15, -0.1) is 0 Å². The Morgan fingerprint density at radius 2 is 2.12 bits per heavy atom. The number of halogens is 1. The SMILES string of the molecule is Nc1c(-c2cccnc2)[nH]c2ccc(F)cc12. The lowest BCUT2D eigenvalue weighted by Gasteiger charge is -1.98. The molecule has 84 valence electrons. The normalized spacial score (nSPS) is 10.9.